The van der Waals surface area contributed by atoms with E-state index in [0.29, 0.717) is 10.7 Å². The zero-order valence-corrected chi connectivity index (χ0v) is 18.9. The van der Waals surface area contributed by atoms with Crippen LogP contribution in [0.25, 0.3) is 16.8 Å². The number of benzene rings is 2. The Morgan fingerprint density at radius 3 is 2.61 bits per heavy atom. The van der Waals surface area contributed by atoms with Gasteiger partial charge in [-0.15, -0.1) is 11.3 Å². The molecule has 1 heterocycles. The molecule has 0 saturated carbocycles. The SMILES string of the molecule is COC(=O)c1ccc(C(=O)OC)c(N/C=C(\C#N)c2nc(-c3cccc(Br)c3)cs2)c1. The molecule has 0 spiro atoms. The highest BCUT2D eigenvalue weighted by Crippen LogP contribution is 2.28. The second kappa shape index (κ2) is 10.0. The number of thiazole rings is 1. The molecule has 0 aliphatic rings. The van der Waals surface area contributed by atoms with E-state index in [0.717, 1.165) is 15.7 Å². The van der Waals surface area contributed by atoms with Gasteiger partial charge in [-0.25, -0.2) is 14.6 Å². The minimum Gasteiger partial charge on any atom is -0.465 e. The van der Waals surface area contributed by atoms with Crippen LogP contribution in [-0.2, 0) is 9.47 Å². The van der Waals surface area contributed by atoms with Gasteiger partial charge in [0, 0.05) is 21.6 Å². The Balaban J connectivity index is 1.93. The van der Waals surface area contributed by atoms with E-state index in [9.17, 15) is 14.9 Å². The molecule has 0 atom stereocenters. The van der Waals surface area contributed by atoms with Crippen molar-refractivity contribution in [3.05, 3.63) is 74.7 Å². The summed E-state index contributed by atoms with van der Waals surface area (Å²) in [4.78, 5) is 28.5. The summed E-state index contributed by atoms with van der Waals surface area (Å²) in [7, 11) is 2.53. The smallest absolute Gasteiger partial charge is 0.339 e. The number of halogens is 1. The lowest BCUT2D eigenvalue weighted by Crippen LogP contribution is -2.08. The number of nitriles is 1. The lowest BCUT2D eigenvalue weighted by atomic mass is 10.1. The first-order valence-electron chi connectivity index (χ1n) is 8.86. The first-order chi connectivity index (χ1) is 15.0. The maximum atomic E-state index is 12.1. The van der Waals surface area contributed by atoms with Gasteiger partial charge < -0.3 is 14.8 Å². The molecule has 1 aromatic heterocycles. The predicted molar refractivity (Wildman–Crippen MR) is 122 cm³/mol. The Morgan fingerprint density at radius 2 is 1.94 bits per heavy atom. The fraction of sp³-hybridized carbons (Fsp3) is 0.0909. The number of aromatic nitrogens is 1. The molecule has 0 aliphatic carbocycles. The normalized spacial score (nSPS) is 10.8. The van der Waals surface area contributed by atoms with Crippen molar-refractivity contribution in [3.8, 4) is 17.3 Å². The number of hydrogen-bond acceptors (Lipinski definition) is 8. The van der Waals surface area contributed by atoms with Crippen molar-refractivity contribution in [1.82, 2.24) is 4.98 Å². The Hall–Kier alpha value is -3.48. The summed E-state index contributed by atoms with van der Waals surface area (Å²) in [6.45, 7) is 0. The van der Waals surface area contributed by atoms with Gasteiger partial charge in [-0.3, -0.25) is 0 Å². The number of rotatable bonds is 6. The molecular weight excluding hydrogens is 482 g/mol. The zero-order valence-electron chi connectivity index (χ0n) is 16.5. The highest BCUT2D eigenvalue weighted by Gasteiger charge is 2.16. The van der Waals surface area contributed by atoms with Gasteiger partial charge in [0.1, 0.15) is 16.6 Å². The van der Waals surface area contributed by atoms with Crippen LogP contribution < -0.4 is 5.32 Å². The van der Waals surface area contributed by atoms with Gasteiger partial charge in [-0.05, 0) is 30.3 Å². The third-order valence-corrected chi connectivity index (χ3v) is 5.56. The maximum Gasteiger partial charge on any atom is 0.339 e. The Morgan fingerprint density at radius 1 is 1.16 bits per heavy atom. The lowest BCUT2D eigenvalue weighted by molar-refractivity contribution is 0.0587. The number of esters is 2. The number of methoxy groups -OCH3 is 2. The van der Waals surface area contributed by atoms with Crippen LogP contribution in [-0.4, -0.2) is 31.1 Å². The lowest BCUT2D eigenvalue weighted by Gasteiger charge is -2.10. The molecule has 3 aromatic rings. The highest BCUT2D eigenvalue weighted by atomic mass is 79.9. The van der Waals surface area contributed by atoms with Crippen LogP contribution in [0.3, 0.4) is 0 Å². The number of hydrogen-bond donors (Lipinski definition) is 1. The third-order valence-electron chi connectivity index (χ3n) is 4.19. The molecule has 0 bridgehead atoms. The van der Waals surface area contributed by atoms with Gasteiger partial charge in [0.05, 0.1) is 36.7 Å². The Kier molecular flexibility index (Phi) is 7.18. The van der Waals surface area contributed by atoms with E-state index in [1.165, 1.54) is 50.0 Å². The van der Waals surface area contributed by atoms with Crippen molar-refractivity contribution in [3.63, 3.8) is 0 Å². The molecule has 0 amide bonds. The number of carbonyl (C=O) groups excluding carboxylic acids is 2. The monoisotopic (exact) mass is 497 g/mol. The van der Waals surface area contributed by atoms with Crippen LogP contribution in [0.15, 0.2) is 58.5 Å². The minimum absolute atomic E-state index is 0.206. The second-order valence-corrected chi connectivity index (χ2v) is 7.88. The summed E-state index contributed by atoms with van der Waals surface area (Å²) in [5.74, 6) is -1.14. The van der Waals surface area contributed by atoms with E-state index >= 15 is 0 Å². The molecular formula is C22H16BrN3O4S. The molecule has 31 heavy (non-hydrogen) atoms. The van der Waals surface area contributed by atoms with Gasteiger partial charge in [0.15, 0.2) is 0 Å². The van der Waals surface area contributed by atoms with E-state index in [-0.39, 0.29) is 16.7 Å². The fourth-order valence-electron chi connectivity index (χ4n) is 2.67. The molecule has 0 aliphatic heterocycles. The zero-order chi connectivity index (χ0) is 22.4. The van der Waals surface area contributed by atoms with Crippen molar-refractivity contribution in [1.29, 1.82) is 5.26 Å². The van der Waals surface area contributed by atoms with E-state index in [2.05, 4.69) is 32.3 Å². The van der Waals surface area contributed by atoms with Gasteiger partial charge in [0.25, 0.3) is 0 Å². The number of allylic oxidation sites excluding steroid dienone is 1. The minimum atomic E-state index is -0.586. The maximum absolute atomic E-state index is 12.1. The quantitative estimate of drug-likeness (QED) is 0.372. The molecule has 0 fully saturated rings. The summed E-state index contributed by atoms with van der Waals surface area (Å²) in [6, 6.07) is 14.2. The van der Waals surface area contributed by atoms with E-state index in [4.69, 9.17) is 9.47 Å². The van der Waals surface area contributed by atoms with E-state index in [1.54, 1.807) is 0 Å². The molecule has 0 unspecified atom stereocenters. The van der Waals surface area contributed by atoms with Crippen molar-refractivity contribution in [2.45, 2.75) is 0 Å². The van der Waals surface area contributed by atoms with Crippen LogP contribution in [0.1, 0.15) is 25.7 Å². The standard InChI is InChI=1S/C22H16BrN3O4S/c1-29-21(27)14-6-7-17(22(28)30-2)18(9-14)25-11-15(10-24)20-26-19(12-31-20)13-4-3-5-16(23)8-13/h3-9,11-12,25H,1-2H3/b15-11+. The molecule has 0 radical (unpaired) electrons. The predicted octanol–water partition coefficient (Wildman–Crippen LogP) is 5.12. The number of ether oxygens (including phenoxy) is 2. The van der Waals surface area contributed by atoms with Crippen LogP contribution in [0.4, 0.5) is 5.69 Å². The van der Waals surface area contributed by atoms with Crippen LogP contribution >= 0.6 is 27.3 Å². The first kappa shape index (κ1) is 22.2. The average molecular weight is 498 g/mol. The summed E-state index contributed by atoms with van der Waals surface area (Å²) < 4.78 is 10.4. The highest BCUT2D eigenvalue weighted by molar-refractivity contribution is 9.10. The Bertz CT molecular complexity index is 1210. The van der Waals surface area contributed by atoms with Crippen LogP contribution in [0.2, 0.25) is 0 Å². The number of anilines is 1. The molecule has 7 nitrogen and oxygen atoms in total. The Labute approximate surface area is 191 Å². The van der Waals surface area contributed by atoms with Crippen LogP contribution in [0, 0.1) is 11.3 Å². The largest absolute Gasteiger partial charge is 0.465 e. The fourth-order valence-corrected chi connectivity index (χ4v) is 3.86. The van der Waals surface area contributed by atoms with Gasteiger partial charge >= 0.3 is 11.9 Å². The number of nitrogens with one attached hydrogen (secondary N) is 1. The summed E-state index contributed by atoms with van der Waals surface area (Å²) in [5, 5.41) is 14.9. The van der Waals surface area contributed by atoms with E-state index in [1.807, 2.05) is 29.6 Å². The first-order valence-corrected chi connectivity index (χ1v) is 10.5. The summed E-state index contributed by atoms with van der Waals surface area (Å²) in [6.07, 6.45) is 1.44. The van der Waals surface area contributed by atoms with Crippen molar-refractivity contribution >= 4 is 50.5 Å². The second-order valence-electron chi connectivity index (χ2n) is 6.11. The topological polar surface area (TPSA) is 101 Å². The summed E-state index contributed by atoms with van der Waals surface area (Å²) in [5.41, 5.74) is 2.68. The van der Waals surface area contributed by atoms with Crippen molar-refractivity contribution in [2.75, 3.05) is 19.5 Å². The number of nitrogens with zero attached hydrogens (tertiary/aromatic N) is 2. The molecule has 1 N–H and O–H groups in total. The third kappa shape index (κ3) is 5.17. The van der Waals surface area contributed by atoms with Gasteiger partial charge in [-0.1, -0.05) is 28.1 Å². The van der Waals surface area contributed by atoms with Gasteiger partial charge in [-0.2, -0.15) is 5.26 Å². The molecule has 0 saturated heterocycles. The van der Waals surface area contributed by atoms with Crippen molar-refractivity contribution in [2.24, 2.45) is 0 Å². The average Bonchev–Trinajstić information content (AvgIpc) is 3.28. The molecule has 156 valence electrons. The van der Waals surface area contributed by atoms with Crippen molar-refractivity contribution < 1.29 is 19.1 Å². The molecule has 9 heteroatoms. The number of carbonyl (C=O) groups is 2. The molecule has 2 aromatic carbocycles. The molecule has 3 rings (SSSR count). The van der Waals surface area contributed by atoms with Crippen LogP contribution in [0.5, 0.6) is 0 Å². The van der Waals surface area contributed by atoms with Gasteiger partial charge in [0.2, 0.25) is 0 Å². The van der Waals surface area contributed by atoms with E-state index < -0.39 is 11.9 Å². The summed E-state index contributed by atoms with van der Waals surface area (Å²) >= 11 is 4.76.